The molecule has 0 radical (unpaired) electrons. The molecular weight excluding hydrogens is 236 g/mol. The highest BCUT2D eigenvalue weighted by atomic mass is 16.5. The van der Waals surface area contributed by atoms with Crippen LogP contribution in [0.1, 0.15) is 18.4 Å². The molecule has 1 aliphatic carbocycles. The van der Waals surface area contributed by atoms with Crippen LogP contribution < -0.4 is 4.74 Å². The van der Waals surface area contributed by atoms with Crippen molar-refractivity contribution in [2.75, 3.05) is 7.11 Å². The minimum atomic E-state index is -0.258. The van der Waals surface area contributed by atoms with Crippen LogP contribution in [0.2, 0.25) is 0 Å². The van der Waals surface area contributed by atoms with Crippen LogP contribution in [0.3, 0.4) is 0 Å². The largest absolute Gasteiger partial charge is 0.497 e. The first-order chi connectivity index (χ1) is 9.27. The van der Waals surface area contributed by atoms with Gasteiger partial charge in [-0.25, -0.2) is 0 Å². The summed E-state index contributed by atoms with van der Waals surface area (Å²) in [5.41, 5.74) is 2.74. The zero-order chi connectivity index (χ0) is 13.3. The second-order valence-electron chi connectivity index (χ2n) is 4.85. The molecule has 1 heterocycles. The second-order valence-corrected chi connectivity index (χ2v) is 4.85. The number of nitrogens with zero attached hydrogens (tertiary/aromatic N) is 2. The van der Waals surface area contributed by atoms with Crippen molar-refractivity contribution in [1.29, 1.82) is 5.26 Å². The van der Waals surface area contributed by atoms with E-state index in [0.717, 1.165) is 35.4 Å². The Hall–Kier alpha value is -2.34. The lowest BCUT2D eigenvalue weighted by molar-refractivity contribution is 0.415. The van der Waals surface area contributed by atoms with E-state index in [0.29, 0.717) is 0 Å². The highest BCUT2D eigenvalue weighted by molar-refractivity contribution is 5.60. The molecule has 19 heavy (non-hydrogen) atoms. The third-order valence-electron chi connectivity index (χ3n) is 3.67. The molecule has 0 bridgehead atoms. The van der Waals surface area contributed by atoms with Crippen molar-refractivity contribution in [3.05, 3.63) is 48.2 Å². The maximum Gasteiger partial charge on any atom is 0.118 e. The van der Waals surface area contributed by atoms with Crippen molar-refractivity contribution in [2.24, 2.45) is 0 Å². The normalized spacial score (nSPS) is 15.6. The van der Waals surface area contributed by atoms with Crippen molar-refractivity contribution in [3.8, 4) is 23.1 Å². The number of benzene rings is 1. The lowest BCUT2D eigenvalue weighted by Crippen LogP contribution is -2.02. The first-order valence-electron chi connectivity index (χ1n) is 6.30. The quantitative estimate of drug-likeness (QED) is 0.839. The third kappa shape index (κ3) is 2.06. The molecule has 3 heteroatoms. The van der Waals surface area contributed by atoms with Crippen molar-refractivity contribution in [1.82, 2.24) is 4.98 Å². The minimum absolute atomic E-state index is 0.258. The van der Waals surface area contributed by atoms with Gasteiger partial charge < -0.3 is 4.74 Å². The zero-order valence-corrected chi connectivity index (χ0v) is 10.8. The molecule has 0 atom stereocenters. The van der Waals surface area contributed by atoms with Gasteiger partial charge in [-0.05, 0) is 48.7 Å². The van der Waals surface area contributed by atoms with Crippen LogP contribution in [0, 0.1) is 11.3 Å². The molecule has 0 amide bonds. The smallest absolute Gasteiger partial charge is 0.118 e. The van der Waals surface area contributed by atoms with E-state index in [1.54, 1.807) is 7.11 Å². The molecule has 1 aromatic carbocycles. The zero-order valence-electron chi connectivity index (χ0n) is 10.8. The maximum absolute atomic E-state index is 9.16. The van der Waals surface area contributed by atoms with E-state index in [4.69, 9.17) is 10.00 Å². The van der Waals surface area contributed by atoms with Gasteiger partial charge >= 0.3 is 0 Å². The lowest BCUT2D eigenvalue weighted by atomic mass is 9.99. The number of ether oxygens (including phenoxy) is 1. The van der Waals surface area contributed by atoms with Crippen LogP contribution in [0.4, 0.5) is 0 Å². The van der Waals surface area contributed by atoms with Crippen LogP contribution in [-0.2, 0) is 5.41 Å². The summed E-state index contributed by atoms with van der Waals surface area (Å²) >= 11 is 0. The summed E-state index contributed by atoms with van der Waals surface area (Å²) in [4.78, 5) is 4.47. The van der Waals surface area contributed by atoms with Gasteiger partial charge in [-0.15, -0.1) is 0 Å². The molecule has 0 spiro atoms. The average Bonchev–Trinajstić information content (AvgIpc) is 3.29. The van der Waals surface area contributed by atoms with Gasteiger partial charge in [0.2, 0.25) is 0 Å². The molecule has 0 unspecified atom stereocenters. The van der Waals surface area contributed by atoms with Gasteiger partial charge in [-0.1, -0.05) is 6.07 Å². The van der Waals surface area contributed by atoms with Gasteiger partial charge in [0.25, 0.3) is 0 Å². The van der Waals surface area contributed by atoms with Gasteiger partial charge in [0.1, 0.15) is 5.75 Å². The Morgan fingerprint density at radius 2 is 1.89 bits per heavy atom. The van der Waals surface area contributed by atoms with Gasteiger partial charge in [0, 0.05) is 11.8 Å². The Morgan fingerprint density at radius 1 is 1.16 bits per heavy atom. The number of hydrogen-bond donors (Lipinski definition) is 0. The third-order valence-corrected chi connectivity index (χ3v) is 3.67. The second kappa shape index (κ2) is 4.40. The standard InChI is InChI=1S/C16H14N2O/c1-19-14-5-2-12(3-6-14)15-7-4-13(10-18-15)16(11-17)8-9-16/h2-7,10H,8-9H2,1H3. The van der Waals surface area contributed by atoms with Crippen molar-refractivity contribution in [2.45, 2.75) is 18.3 Å². The molecule has 0 aliphatic heterocycles. The van der Waals surface area contributed by atoms with E-state index in [1.807, 2.05) is 42.6 Å². The SMILES string of the molecule is COc1ccc(-c2ccc(C3(C#N)CC3)cn2)cc1. The van der Waals surface area contributed by atoms with E-state index in [-0.39, 0.29) is 5.41 Å². The van der Waals surface area contributed by atoms with Gasteiger partial charge in [-0.3, -0.25) is 4.98 Å². The fraction of sp³-hybridized carbons (Fsp3) is 0.250. The number of methoxy groups -OCH3 is 1. The van der Waals surface area contributed by atoms with Gasteiger partial charge in [0.15, 0.2) is 0 Å². The minimum Gasteiger partial charge on any atom is -0.497 e. The van der Waals surface area contributed by atoms with Gasteiger partial charge in [-0.2, -0.15) is 5.26 Å². The Labute approximate surface area is 112 Å². The molecule has 0 saturated heterocycles. The summed E-state index contributed by atoms with van der Waals surface area (Å²) in [7, 11) is 1.65. The Balaban J connectivity index is 1.88. The first kappa shape index (κ1) is 11.7. The number of rotatable bonds is 3. The summed E-state index contributed by atoms with van der Waals surface area (Å²) in [6, 6.07) is 14.2. The number of hydrogen-bond acceptors (Lipinski definition) is 3. The fourth-order valence-corrected chi connectivity index (χ4v) is 2.20. The molecular formula is C16H14N2O. The van der Waals surface area contributed by atoms with Gasteiger partial charge in [0.05, 0.1) is 24.3 Å². The Morgan fingerprint density at radius 3 is 2.37 bits per heavy atom. The predicted molar refractivity (Wildman–Crippen MR) is 72.8 cm³/mol. The molecule has 2 aromatic rings. The average molecular weight is 250 g/mol. The molecule has 0 N–H and O–H groups in total. The van der Waals surface area contributed by atoms with Crippen molar-refractivity contribution >= 4 is 0 Å². The van der Waals surface area contributed by atoms with E-state index in [2.05, 4.69) is 11.1 Å². The number of pyridine rings is 1. The fourth-order valence-electron chi connectivity index (χ4n) is 2.20. The highest BCUT2D eigenvalue weighted by Gasteiger charge is 2.45. The van der Waals surface area contributed by atoms with Crippen LogP contribution in [-0.4, -0.2) is 12.1 Å². The van der Waals surface area contributed by atoms with E-state index >= 15 is 0 Å². The topological polar surface area (TPSA) is 45.9 Å². The number of aromatic nitrogens is 1. The highest BCUT2D eigenvalue weighted by Crippen LogP contribution is 2.47. The maximum atomic E-state index is 9.16. The summed E-state index contributed by atoms with van der Waals surface area (Å²) in [6.45, 7) is 0. The van der Waals surface area contributed by atoms with Crippen LogP contribution >= 0.6 is 0 Å². The van der Waals surface area contributed by atoms with E-state index < -0.39 is 0 Å². The number of nitriles is 1. The molecule has 1 saturated carbocycles. The molecule has 3 nitrogen and oxygen atoms in total. The summed E-state index contributed by atoms with van der Waals surface area (Å²) in [6.07, 6.45) is 3.73. The lowest BCUT2D eigenvalue weighted by Gasteiger charge is -2.07. The van der Waals surface area contributed by atoms with E-state index in [1.165, 1.54) is 0 Å². The molecule has 3 rings (SSSR count). The predicted octanol–water partition coefficient (Wildman–Crippen LogP) is 3.31. The molecule has 1 aliphatic rings. The van der Waals surface area contributed by atoms with Crippen LogP contribution in [0.25, 0.3) is 11.3 Å². The monoisotopic (exact) mass is 250 g/mol. The summed E-state index contributed by atoms with van der Waals surface area (Å²) < 4.78 is 5.14. The molecule has 1 aromatic heterocycles. The Bertz CT molecular complexity index is 619. The summed E-state index contributed by atoms with van der Waals surface area (Å²) in [5.74, 6) is 0.835. The molecule has 94 valence electrons. The van der Waals surface area contributed by atoms with Crippen LogP contribution in [0.5, 0.6) is 5.75 Å². The van der Waals surface area contributed by atoms with Crippen molar-refractivity contribution in [3.63, 3.8) is 0 Å². The first-order valence-corrected chi connectivity index (χ1v) is 6.30. The van der Waals surface area contributed by atoms with E-state index in [9.17, 15) is 0 Å². The molecule has 1 fully saturated rings. The van der Waals surface area contributed by atoms with Crippen molar-refractivity contribution < 1.29 is 4.74 Å². The Kier molecular flexibility index (Phi) is 2.72. The summed E-state index contributed by atoms with van der Waals surface area (Å²) in [5, 5.41) is 9.16. The van der Waals surface area contributed by atoms with Crippen LogP contribution in [0.15, 0.2) is 42.6 Å².